The Morgan fingerprint density at radius 1 is 1.05 bits per heavy atom. The highest BCUT2D eigenvalue weighted by Gasteiger charge is 2.16. The fraction of sp³-hybridized carbons (Fsp3) is 0.357. The molecule has 0 unspecified atom stereocenters. The van der Waals surface area contributed by atoms with Crippen LogP contribution in [0.2, 0.25) is 0 Å². The van der Waals surface area contributed by atoms with Gasteiger partial charge in [0.25, 0.3) is 11.8 Å². The third-order valence-electron chi connectivity index (χ3n) is 6.84. The van der Waals surface area contributed by atoms with Crippen molar-refractivity contribution in [2.24, 2.45) is 0 Å². The predicted molar refractivity (Wildman–Crippen MR) is 146 cm³/mol. The molecule has 3 N–H and O–H groups in total. The molecular formula is C28H32FN7O3. The van der Waals surface area contributed by atoms with E-state index in [1.807, 2.05) is 12.3 Å². The fourth-order valence-corrected chi connectivity index (χ4v) is 4.67. The number of rotatable bonds is 10. The number of halogens is 1. The number of hydrogen-bond donors (Lipinski definition) is 3. The third kappa shape index (κ3) is 6.50. The summed E-state index contributed by atoms with van der Waals surface area (Å²) in [7, 11) is 1.64. The number of carbonyl (C=O) groups is 2. The highest BCUT2D eigenvalue weighted by molar-refractivity contribution is 6.06. The van der Waals surface area contributed by atoms with E-state index in [1.165, 1.54) is 43.7 Å². The number of aromatic nitrogens is 4. The van der Waals surface area contributed by atoms with Crippen LogP contribution in [0.3, 0.4) is 0 Å². The zero-order valence-corrected chi connectivity index (χ0v) is 21.9. The van der Waals surface area contributed by atoms with E-state index in [-0.39, 0.29) is 22.7 Å². The summed E-state index contributed by atoms with van der Waals surface area (Å²) in [6, 6.07) is 7.51. The minimum atomic E-state index is -0.628. The largest absolute Gasteiger partial charge is 0.383 e. The van der Waals surface area contributed by atoms with Crippen LogP contribution in [0.15, 0.2) is 48.9 Å². The molecule has 4 aromatic rings. The molecule has 2 amide bonds. The van der Waals surface area contributed by atoms with Gasteiger partial charge in [-0.2, -0.15) is 5.10 Å². The van der Waals surface area contributed by atoms with Crippen LogP contribution in [-0.2, 0) is 11.3 Å². The maximum absolute atomic E-state index is 14.5. The van der Waals surface area contributed by atoms with Gasteiger partial charge < -0.3 is 25.3 Å². The Morgan fingerprint density at radius 3 is 2.72 bits per heavy atom. The van der Waals surface area contributed by atoms with Crippen LogP contribution in [0.1, 0.15) is 40.0 Å². The van der Waals surface area contributed by atoms with Gasteiger partial charge in [0.05, 0.1) is 36.3 Å². The van der Waals surface area contributed by atoms with Gasteiger partial charge in [-0.3, -0.25) is 14.3 Å². The van der Waals surface area contributed by atoms with Crippen molar-refractivity contribution in [1.82, 2.24) is 30.0 Å². The van der Waals surface area contributed by atoms with Gasteiger partial charge in [-0.25, -0.2) is 9.37 Å². The summed E-state index contributed by atoms with van der Waals surface area (Å²) in [6.07, 6.45) is 8.69. The summed E-state index contributed by atoms with van der Waals surface area (Å²) in [4.78, 5) is 35.5. The van der Waals surface area contributed by atoms with Crippen molar-refractivity contribution in [3.63, 3.8) is 0 Å². The summed E-state index contributed by atoms with van der Waals surface area (Å²) in [5, 5.41) is 10.5. The predicted octanol–water partition coefficient (Wildman–Crippen LogP) is 3.68. The molecule has 1 aromatic carbocycles. The van der Waals surface area contributed by atoms with Gasteiger partial charge in [0, 0.05) is 49.1 Å². The van der Waals surface area contributed by atoms with Crippen LogP contribution in [0.5, 0.6) is 0 Å². The van der Waals surface area contributed by atoms with Crippen molar-refractivity contribution < 1.29 is 18.7 Å². The monoisotopic (exact) mass is 533 g/mol. The van der Waals surface area contributed by atoms with E-state index in [2.05, 4.69) is 30.6 Å². The van der Waals surface area contributed by atoms with Crippen LogP contribution in [-0.4, -0.2) is 76.4 Å². The maximum Gasteiger partial charge on any atom is 0.257 e. The molecule has 3 aromatic heterocycles. The Bertz CT molecular complexity index is 1460. The molecule has 0 atom stereocenters. The number of nitrogens with one attached hydrogen (secondary N) is 3. The van der Waals surface area contributed by atoms with Crippen molar-refractivity contribution in [2.45, 2.75) is 25.8 Å². The standard InChI is InChI=1S/C28H32FN7O3/c1-39-12-11-36-18-22(17-32-36)24-15-20-13-21(16-31-26(20)33-24)28(38)34-25-14-19(5-6-23(25)29)27(37)30-7-10-35-8-3-2-4-9-35/h5-6,13-18H,2-4,7-12H2,1H3,(H,30,37)(H,31,33)(H,34,38). The maximum atomic E-state index is 14.5. The van der Waals surface area contributed by atoms with E-state index in [0.29, 0.717) is 25.3 Å². The lowest BCUT2D eigenvalue weighted by Gasteiger charge is -2.26. The van der Waals surface area contributed by atoms with Crippen LogP contribution in [0.4, 0.5) is 10.1 Å². The van der Waals surface area contributed by atoms with Crippen molar-refractivity contribution in [3.05, 3.63) is 65.9 Å². The number of methoxy groups -OCH3 is 1. The minimum Gasteiger partial charge on any atom is -0.383 e. The highest BCUT2D eigenvalue weighted by Crippen LogP contribution is 2.24. The van der Waals surface area contributed by atoms with E-state index in [1.54, 1.807) is 24.1 Å². The molecular weight excluding hydrogens is 501 g/mol. The van der Waals surface area contributed by atoms with Gasteiger partial charge in [0.15, 0.2) is 0 Å². The van der Waals surface area contributed by atoms with E-state index in [0.717, 1.165) is 36.3 Å². The number of pyridine rings is 1. The third-order valence-corrected chi connectivity index (χ3v) is 6.84. The van der Waals surface area contributed by atoms with Crippen molar-refractivity contribution in [2.75, 3.05) is 45.2 Å². The van der Waals surface area contributed by atoms with Crippen LogP contribution in [0, 0.1) is 5.82 Å². The molecule has 0 aliphatic carbocycles. The molecule has 1 fully saturated rings. The van der Waals surface area contributed by atoms with Gasteiger partial charge in [-0.1, -0.05) is 6.42 Å². The Hall–Kier alpha value is -4.09. The number of fused-ring (bicyclic) bond motifs is 1. The first-order valence-corrected chi connectivity index (χ1v) is 13.1. The summed E-state index contributed by atoms with van der Waals surface area (Å²) in [6.45, 7) is 4.58. The van der Waals surface area contributed by atoms with Gasteiger partial charge in [0.2, 0.25) is 0 Å². The molecule has 0 saturated carbocycles. The second-order valence-electron chi connectivity index (χ2n) is 9.64. The number of aromatic amines is 1. The van der Waals surface area contributed by atoms with E-state index in [9.17, 15) is 14.0 Å². The average molecular weight is 534 g/mol. The summed E-state index contributed by atoms with van der Waals surface area (Å²) in [5.41, 5.74) is 2.77. The first kappa shape index (κ1) is 26.5. The molecule has 204 valence electrons. The molecule has 0 radical (unpaired) electrons. The number of anilines is 1. The van der Waals surface area contributed by atoms with Crippen molar-refractivity contribution in [3.8, 4) is 11.3 Å². The zero-order valence-electron chi connectivity index (χ0n) is 21.9. The van der Waals surface area contributed by atoms with E-state index in [4.69, 9.17) is 4.74 Å². The molecule has 11 heteroatoms. The van der Waals surface area contributed by atoms with Crippen molar-refractivity contribution >= 4 is 28.5 Å². The van der Waals surface area contributed by atoms with Crippen LogP contribution in [0.25, 0.3) is 22.3 Å². The van der Waals surface area contributed by atoms with Gasteiger partial charge in [-0.05, 0) is 56.3 Å². The molecule has 0 bridgehead atoms. The first-order valence-electron chi connectivity index (χ1n) is 13.1. The topological polar surface area (TPSA) is 117 Å². The SMILES string of the molecule is COCCn1cc(-c2cc3cc(C(=O)Nc4cc(C(=O)NCCN5CCCCC5)ccc4F)cnc3[nH]2)cn1. The highest BCUT2D eigenvalue weighted by atomic mass is 19.1. The smallest absolute Gasteiger partial charge is 0.257 e. The number of piperidine rings is 1. The number of H-pyrrole nitrogens is 1. The minimum absolute atomic E-state index is 0.0676. The Morgan fingerprint density at radius 2 is 1.90 bits per heavy atom. The van der Waals surface area contributed by atoms with Crippen LogP contribution >= 0.6 is 0 Å². The average Bonchev–Trinajstić information content (AvgIpc) is 3.60. The summed E-state index contributed by atoms with van der Waals surface area (Å²) < 4.78 is 21.4. The lowest BCUT2D eigenvalue weighted by molar-refractivity contribution is 0.0945. The molecule has 5 rings (SSSR count). The zero-order chi connectivity index (χ0) is 27.2. The molecule has 10 nitrogen and oxygen atoms in total. The summed E-state index contributed by atoms with van der Waals surface area (Å²) >= 11 is 0. The first-order chi connectivity index (χ1) is 19.0. The van der Waals surface area contributed by atoms with Gasteiger partial charge in [-0.15, -0.1) is 0 Å². The Labute approximate surface area is 225 Å². The van der Waals surface area contributed by atoms with Crippen LogP contribution < -0.4 is 10.6 Å². The second kappa shape index (κ2) is 12.2. The number of ether oxygens (including phenoxy) is 1. The number of hydrogen-bond acceptors (Lipinski definition) is 6. The van der Waals surface area contributed by atoms with E-state index < -0.39 is 11.7 Å². The molecule has 1 saturated heterocycles. The summed E-state index contributed by atoms with van der Waals surface area (Å²) in [5.74, 6) is -1.46. The number of benzene rings is 1. The van der Waals surface area contributed by atoms with Gasteiger partial charge >= 0.3 is 0 Å². The number of carbonyl (C=O) groups excluding carboxylic acids is 2. The number of likely N-dealkylation sites (tertiary alicyclic amines) is 1. The molecule has 0 spiro atoms. The lowest BCUT2D eigenvalue weighted by atomic mass is 10.1. The Balaban J connectivity index is 1.24. The molecule has 4 heterocycles. The molecule has 1 aliphatic rings. The second-order valence-corrected chi connectivity index (χ2v) is 9.64. The normalized spacial score (nSPS) is 14.0. The number of amides is 2. The molecule has 1 aliphatic heterocycles. The van der Waals surface area contributed by atoms with E-state index >= 15 is 0 Å². The molecule has 39 heavy (non-hydrogen) atoms. The van der Waals surface area contributed by atoms with Gasteiger partial charge in [0.1, 0.15) is 11.5 Å². The quantitative estimate of drug-likeness (QED) is 0.286. The fourth-order valence-electron chi connectivity index (χ4n) is 4.67. The number of nitrogens with zero attached hydrogens (tertiary/aromatic N) is 4. The Kier molecular flexibility index (Phi) is 8.28. The van der Waals surface area contributed by atoms with Crippen molar-refractivity contribution in [1.29, 1.82) is 0 Å². The lowest BCUT2D eigenvalue weighted by Crippen LogP contribution is -2.37.